The van der Waals surface area contributed by atoms with Crippen molar-refractivity contribution in [3.05, 3.63) is 56.2 Å². The highest BCUT2D eigenvalue weighted by Gasteiger charge is 2.24. The van der Waals surface area contributed by atoms with Gasteiger partial charge in [0.25, 0.3) is 11.5 Å². The maximum absolute atomic E-state index is 13.1. The lowest BCUT2D eigenvalue weighted by atomic mass is 9.99. The van der Waals surface area contributed by atoms with Crippen LogP contribution in [0, 0.1) is 0 Å². The van der Waals surface area contributed by atoms with Gasteiger partial charge in [0.05, 0.1) is 23.7 Å². The number of benzene rings is 1. The first kappa shape index (κ1) is 20.1. The van der Waals surface area contributed by atoms with E-state index in [1.165, 1.54) is 25.8 Å². The summed E-state index contributed by atoms with van der Waals surface area (Å²) in [5.74, 6) is -0.0547. The fourth-order valence-electron chi connectivity index (χ4n) is 3.36. The largest absolute Gasteiger partial charge is 0.495 e. The van der Waals surface area contributed by atoms with Gasteiger partial charge in [-0.05, 0) is 24.1 Å². The van der Waals surface area contributed by atoms with Crippen molar-refractivity contribution in [1.29, 1.82) is 0 Å². The second-order valence-corrected chi connectivity index (χ2v) is 6.66. The maximum Gasteiger partial charge on any atom is 0.332 e. The normalized spacial score (nSPS) is 10.9. The number of para-hydroxylation sites is 2. The quantitative estimate of drug-likeness (QED) is 0.672. The van der Waals surface area contributed by atoms with Crippen molar-refractivity contribution >= 4 is 28.4 Å². The van der Waals surface area contributed by atoms with Gasteiger partial charge in [0.2, 0.25) is 0 Å². The molecule has 0 saturated heterocycles. The Morgan fingerprint density at radius 3 is 2.55 bits per heavy atom. The number of carbonyl (C=O) groups is 1. The molecule has 0 aliphatic heterocycles. The van der Waals surface area contributed by atoms with E-state index >= 15 is 0 Å². The molecule has 29 heavy (non-hydrogen) atoms. The van der Waals surface area contributed by atoms with Gasteiger partial charge in [0.15, 0.2) is 5.65 Å². The van der Waals surface area contributed by atoms with Gasteiger partial charge in [0.1, 0.15) is 11.6 Å². The van der Waals surface area contributed by atoms with Crippen LogP contribution in [0.1, 0.15) is 29.3 Å². The van der Waals surface area contributed by atoms with Crippen LogP contribution < -0.4 is 27.0 Å². The molecule has 3 N–H and O–H groups in total. The number of pyridine rings is 1. The maximum atomic E-state index is 13.1. The molecule has 0 atom stereocenters. The summed E-state index contributed by atoms with van der Waals surface area (Å²) in [4.78, 5) is 42.5. The molecule has 9 nitrogen and oxygen atoms in total. The number of hydrogen-bond donors (Lipinski definition) is 2. The second-order valence-electron chi connectivity index (χ2n) is 6.66. The number of nitrogens with zero attached hydrogens (tertiary/aromatic N) is 3. The van der Waals surface area contributed by atoms with E-state index in [1.807, 2.05) is 6.92 Å². The minimum absolute atomic E-state index is 0.0448. The number of nitrogens with one attached hydrogen (secondary N) is 1. The molecule has 0 radical (unpaired) electrons. The van der Waals surface area contributed by atoms with Crippen LogP contribution in [-0.2, 0) is 20.5 Å². The van der Waals surface area contributed by atoms with Crippen LogP contribution in [0.5, 0.6) is 5.75 Å². The van der Waals surface area contributed by atoms with Crippen molar-refractivity contribution < 1.29 is 9.53 Å². The molecule has 3 rings (SSSR count). The molecule has 0 bridgehead atoms. The zero-order chi connectivity index (χ0) is 21.3. The lowest BCUT2D eigenvalue weighted by Crippen LogP contribution is -2.38. The van der Waals surface area contributed by atoms with Crippen molar-refractivity contribution in [2.75, 3.05) is 18.2 Å². The summed E-state index contributed by atoms with van der Waals surface area (Å²) < 4.78 is 7.53. The molecule has 2 heterocycles. The standard InChI is InChI=1S/C20H23N5O4/c1-5-8-11-14(18(26)22-12-9-6-7-10-13(12)29-4)16(21)23-17-15(11)19(27)25(3)20(28)24(17)2/h6-7,9-10H,5,8H2,1-4H3,(H2,21,23)(H,22,26). The Morgan fingerprint density at radius 2 is 1.90 bits per heavy atom. The van der Waals surface area contributed by atoms with Crippen molar-refractivity contribution in [2.24, 2.45) is 14.1 Å². The smallest absolute Gasteiger partial charge is 0.332 e. The molecule has 0 aliphatic carbocycles. The number of nitrogen functional groups attached to an aromatic ring is 1. The van der Waals surface area contributed by atoms with Crippen LogP contribution in [0.2, 0.25) is 0 Å². The number of carbonyl (C=O) groups excluding carboxylic acids is 1. The second kappa shape index (κ2) is 7.78. The Bertz CT molecular complexity index is 1230. The highest BCUT2D eigenvalue weighted by atomic mass is 16.5. The van der Waals surface area contributed by atoms with Crippen molar-refractivity contribution in [3.8, 4) is 5.75 Å². The predicted octanol–water partition coefficient (Wildman–Crippen LogP) is 1.43. The Morgan fingerprint density at radius 1 is 1.21 bits per heavy atom. The monoisotopic (exact) mass is 397 g/mol. The summed E-state index contributed by atoms with van der Waals surface area (Å²) in [6.07, 6.45) is 1.09. The molecule has 0 aliphatic rings. The van der Waals surface area contributed by atoms with E-state index in [0.717, 1.165) is 4.57 Å². The first-order valence-electron chi connectivity index (χ1n) is 9.14. The van der Waals surface area contributed by atoms with Crippen molar-refractivity contribution in [1.82, 2.24) is 14.1 Å². The van der Waals surface area contributed by atoms with Gasteiger partial charge in [-0.15, -0.1) is 0 Å². The third kappa shape index (κ3) is 3.35. The molecule has 2 aromatic heterocycles. The van der Waals surface area contributed by atoms with Gasteiger partial charge in [-0.2, -0.15) is 0 Å². The van der Waals surface area contributed by atoms with Gasteiger partial charge < -0.3 is 15.8 Å². The molecule has 9 heteroatoms. The average Bonchev–Trinajstić information content (AvgIpc) is 2.70. The van der Waals surface area contributed by atoms with Crippen molar-refractivity contribution in [2.45, 2.75) is 19.8 Å². The van der Waals surface area contributed by atoms with Gasteiger partial charge in [-0.1, -0.05) is 25.5 Å². The molecular formula is C20H23N5O4. The third-order valence-corrected chi connectivity index (χ3v) is 4.80. The first-order chi connectivity index (χ1) is 13.8. The van der Waals surface area contributed by atoms with Crippen LogP contribution in [-0.4, -0.2) is 27.1 Å². The van der Waals surface area contributed by atoms with Crippen LogP contribution in [0.3, 0.4) is 0 Å². The molecule has 1 amide bonds. The van der Waals surface area contributed by atoms with E-state index in [9.17, 15) is 14.4 Å². The number of methoxy groups -OCH3 is 1. The summed E-state index contributed by atoms with van der Waals surface area (Å²) in [6, 6.07) is 6.96. The molecular weight excluding hydrogens is 374 g/mol. The Labute approximate surface area is 166 Å². The van der Waals surface area contributed by atoms with Crippen LogP contribution >= 0.6 is 0 Å². The van der Waals surface area contributed by atoms with E-state index in [0.29, 0.717) is 29.8 Å². The highest BCUT2D eigenvalue weighted by molar-refractivity contribution is 6.11. The highest BCUT2D eigenvalue weighted by Crippen LogP contribution is 2.27. The topological polar surface area (TPSA) is 121 Å². The minimum Gasteiger partial charge on any atom is -0.495 e. The Hall–Kier alpha value is -3.62. The molecule has 0 saturated carbocycles. The zero-order valence-corrected chi connectivity index (χ0v) is 16.8. The van der Waals surface area contributed by atoms with Crippen LogP contribution in [0.25, 0.3) is 11.0 Å². The number of amides is 1. The summed E-state index contributed by atoms with van der Waals surface area (Å²) in [7, 11) is 4.41. The summed E-state index contributed by atoms with van der Waals surface area (Å²) in [5, 5.41) is 3.00. The Kier molecular flexibility index (Phi) is 5.40. The number of fused-ring (bicyclic) bond motifs is 1. The lowest BCUT2D eigenvalue weighted by molar-refractivity contribution is 0.102. The SMILES string of the molecule is CCCc1c(C(=O)Nc2ccccc2OC)c(N)nc2c1c(=O)n(C)c(=O)n2C. The van der Waals surface area contributed by atoms with E-state index in [2.05, 4.69) is 10.3 Å². The van der Waals surface area contributed by atoms with Gasteiger partial charge >= 0.3 is 5.69 Å². The van der Waals surface area contributed by atoms with Gasteiger partial charge in [-0.25, -0.2) is 9.78 Å². The van der Waals surface area contributed by atoms with Crippen molar-refractivity contribution in [3.63, 3.8) is 0 Å². The summed E-state index contributed by atoms with van der Waals surface area (Å²) >= 11 is 0. The lowest BCUT2D eigenvalue weighted by Gasteiger charge is -2.17. The molecule has 152 valence electrons. The zero-order valence-electron chi connectivity index (χ0n) is 16.8. The van der Waals surface area contributed by atoms with E-state index in [-0.39, 0.29) is 22.4 Å². The fourth-order valence-corrected chi connectivity index (χ4v) is 3.36. The molecule has 0 unspecified atom stereocenters. The van der Waals surface area contributed by atoms with E-state index in [4.69, 9.17) is 10.5 Å². The molecule has 0 fully saturated rings. The average molecular weight is 397 g/mol. The van der Waals surface area contributed by atoms with Crippen LogP contribution in [0.4, 0.5) is 11.5 Å². The molecule has 0 spiro atoms. The number of anilines is 2. The van der Waals surface area contributed by atoms with E-state index < -0.39 is 17.2 Å². The van der Waals surface area contributed by atoms with Gasteiger partial charge in [0, 0.05) is 14.1 Å². The predicted molar refractivity (Wildman–Crippen MR) is 112 cm³/mol. The summed E-state index contributed by atoms with van der Waals surface area (Å²) in [5.41, 5.74) is 6.33. The first-order valence-corrected chi connectivity index (χ1v) is 9.14. The number of hydrogen-bond acceptors (Lipinski definition) is 6. The molecule has 1 aromatic carbocycles. The number of ether oxygens (including phenoxy) is 1. The number of nitrogens with two attached hydrogens (primary N) is 1. The minimum atomic E-state index is -0.511. The summed E-state index contributed by atoms with van der Waals surface area (Å²) in [6.45, 7) is 1.93. The van der Waals surface area contributed by atoms with E-state index in [1.54, 1.807) is 24.3 Å². The number of rotatable bonds is 5. The van der Waals surface area contributed by atoms with Crippen LogP contribution in [0.15, 0.2) is 33.9 Å². The fraction of sp³-hybridized carbons (Fsp3) is 0.300. The van der Waals surface area contributed by atoms with Gasteiger partial charge in [-0.3, -0.25) is 18.7 Å². The number of aryl methyl sites for hydroxylation is 2. The number of aromatic nitrogens is 3. The third-order valence-electron chi connectivity index (χ3n) is 4.80. The molecule has 3 aromatic rings. The Balaban J connectivity index is 2.28.